The van der Waals surface area contributed by atoms with Gasteiger partial charge >= 0.3 is 0 Å². The molecule has 29 heavy (non-hydrogen) atoms. The summed E-state index contributed by atoms with van der Waals surface area (Å²) in [6.07, 6.45) is 0.779. The largest absolute Gasteiger partial charge is 0.318 e. The third-order valence-corrected chi connectivity index (χ3v) is 5.80. The van der Waals surface area contributed by atoms with Crippen LogP contribution in [0.15, 0.2) is 77.9 Å². The first-order valence-corrected chi connectivity index (χ1v) is 10.2. The minimum absolute atomic E-state index is 0.151. The van der Waals surface area contributed by atoms with Gasteiger partial charge in [0.1, 0.15) is 5.71 Å². The molecule has 1 aromatic heterocycles. The Kier molecular flexibility index (Phi) is 4.74. The van der Waals surface area contributed by atoms with Crippen LogP contribution in [0, 0.1) is 0 Å². The van der Waals surface area contributed by atoms with Crippen molar-refractivity contribution in [1.82, 2.24) is 15.0 Å². The van der Waals surface area contributed by atoms with E-state index >= 15 is 0 Å². The number of rotatable bonds is 4. The maximum atomic E-state index is 6.45. The number of hydrogen-bond acceptors (Lipinski definition) is 3. The Morgan fingerprint density at radius 3 is 2.59 bits per heavy atom. The Morgan fingerprint density at radius 2 is 1.76 bits per heavy atom. The predicted molar refractivity (Wildman–Crippen MR) is 119 cm³/mol. The van der Waals surface area contributed by atoms with Crippen LogP contribution in [0.1, 0.15) is 29.4 Å². The van der Waals surface area contributed by atoms with Crippen molar-refractivity contribution in [2.45, 2.75) is 19.0 Å². The molecular weight excluding hydrogens is 403 g/mol. The van der Waals surface area contributed by atoms with Crippen LogP contribution in [0.5, 0.6) is 0 Å². The summed E-state index contributed by atoms with van der Waals surface area (Å²) in [7, 11) is 0. The van der Waals surface area contributed by atoms with E-state index in [1.807, 2.05) is 48.5 Å². The average molecular weight is 421 g/mol. The van der Waals surface area contributed by atoms with Gasteiger partial charge in [-0.05, 0) is 35.4 Å². The summed E-state index contributed by atoms with van der Waals surface area (Å²) in [6, 6.07) is 24.2. The van der Waals surface area contributed by atoms with Crippen molar-refractivity contribution in [3.05, 3.63) is 99.8 Å². The Morgan fingerprint density at radius 1 is 0.966 bits per heavy atom. The SMILES string of the molecule is Clc1ccc(Cn2c(C3=NNC(c4ccccc4)C3)nc3ccccc32)c(Cl)c1. The molecule has 1 N–H and O–H groups in total. The zero-order chi connectivity index (χ0) is 19.8. The smallest absolute Gasteiger partial charge is 0.157 e. The molecule has 2 heterocycles. The molecule has 4 nitrogen and oxygen atoms in total. The van der Waals surface area contributed by atoms with Gasteiger partial charge in [0, 0.05) is 16.5 Å². The lowest BCUT2D eigenvalue weighted by molar-refractivity contribution is 0.620. The molecule has 5 rings (SSSR count). The minimum atomic E-state index is 0.151. The molecule has 0 fully saturated rings. The van der Waals surface area contributed by atoms with Crippen LogP contribution in [-0.4, -0.2) is 15.3 Å². The zero-order valence-electron chi connectivity index (χ0n) is 15.5. The van der Waals surface area contributed by atoms with Crippen molar-refractivity contribution in [2.75, 3.05) is 0 Å². The van der Waals surface area contributed by atoms with Gasteiger partial charge in [-0.15, -0.1) is 0 Å². The van der Waals surface area contributed by atoms with Crippen molar-refractivity contribution < 1.29 is 0 Å². The quantitative estimate of drug-likeness (QED) is 0.451. The Hall–Kier alpha value is -2.82. The van der Waals surface area contributed by atoms with Gasteiger partial charge in [-0.3, -0.25) is 0 Å². The van der Waals surface area contributed by atoms with E-state index in [0.29, 0.717) is 16.6 Å². The molecule has 1 unspecified atom stereocenters. The summed E-state index contributed by atoms with van der Waals surface area (Å²) in [5, 5.41) is 5.90. The highest BCUT2D eigenvalue weighted by Gasteiger charge is 2.25. The minimum Gasteiger partial charge on any atom is -0.318 e. The summed E-state index contributed by atoms with van der Waals surface area (Å²) in [4.78, 5) is 4.89. The topological polar surface area (TPSA) is 42.2 Å². The number of benzene rings is 3. The number of hydrogen-bond donors (Lipinski definition) is 1. The predicted octanol–water partition coefficient (Wildman–Crippen LogP) is 5.83. The molecule has 0 bridgehead atoms. The first-order valence-electron chi connectivity index (χ1n) is 9.45. The van der Waals surface area contributed by atoms with E-state index < -0.39 is 0 Å². The van der Waals surface area contributed by atoms with Crippen LogP contribution in [-0.2, 0) is 6.54 Å². The van der Waals surface area contributed by atoms with E-state index in [1.165, 1.54) is 5.56 Å². The fraction of sp³-hybridized carbons (Fsp3) is 0.130. The van der Waals surface area contributed by atoms with E-state index in [1.54, 1.807) is 6.07 Å². The molecule has 0 radical (unpaired) electrons. The van der Waals surface area contributed by atoms with Gasteiger partial charge in [0.2, 0.25) is 0 Å². The highest BCUT2D eigenvalue weighted by atomic mass is 35.5. The molecule has 3 aromatic carbocycles. The lowest BCUT2D eigenvalue weighted by atomic mass is 10.0. The first kappa shape index (κ1) is 18.2. The number of aromatic nitrogens is 2. The van der Waals surface area contributed by atoms with Crippen molar-refractivity contribution in [3.63, 3.8) is 0 Å². The monoisotopic (exact) mass is 420 g/mol. The standard InChI is InChI=1S/C23H18Cl2N4/c24-17-11-10-16(18(25)12-17)14-29-22-9-5-4-8-19(22)26-23(29)21-13-20(27-28-21)15-6-2-1-3-7-15/h1-12,20,27H,13-14H2. The summed E-state index contributed by atoms with van der Waals surface area (Å²) >= 11 is 12.5. The molecule has 0 saturated carbocycles. The summed E-state index contributed by atoms with van der Waals surface area (Å²) in [5.74, 6) is 0.864. The third-order valence-electron chi connectivity index (χ3n) is 5.21. The number of nitrogens with one attached hydrogen (secondary N) is 1. The molecule has 4 aromatic rings. The molecule has 6 heteroatoms. The fourth-order valence-corrected chi connectivity index (χ4v) is 4.20. The number of para-hydroxylation sites is 2. The van der Waals surface area contributed by atoms with E-state index in [-0.39, 0.29) is 6.04 Å². The zero-order valence-corrected chi connectivity index (χ0v) is 17.0. The lowest BCUT2D eigenvalue weighted by Gasteiger charge is -2.12. The van der Waals surface area contributed by atoms with Crippen LogP contribution in [0.2, 0.25) is 10.0 Å². The normalized spacial score (nSPS) is 16.1. The number of fused-ring (bicyclic) bond motifs is 1. The molecule has 0 aliphatic carbocycles. The summed E-state index contributed by atoms with van der Waals surface area (Å²) in [5.41, 5.74) is 8.42. The fourth-order valence-electron chi connectivity index (χ4n) is 3.74. The average Bonchev–Trinajstić information content (AvgIpc) is 3.36. The van der Waals surface area contributed by atoms with Crippen molar-refractivity contribution in [3.8, 4) is 0 Å². The van der Waals surface area contributed by atoms with Gasteiger partial charge < -0.3 is 9.99 Å². The lowest BCUT2D eigenvalue weighted by Crippen LogP contribution is -2.12. The maximum absolute atomic E-state index is 6.45. The molecule has 1 aliphatic heterocycles. The summed E-state index contributed by atoms with van der Waals surface area (Å²) < 4.78 is 2.18. The molecule has 0 saturated heterocycles. The van der Waals surface area contributed by atoms with Gasteiger partial charge in [-0.1, -0.05) is 71.7 Å². The Balaban J connectivity index is 1.53. The Bertz CT molecular complexity index is 1210. The first-order chi connectivity index (χ1) is 14.2. The van der Waals surface area contributed by atoms with E-state index in [4.69, 9.17) is 28.2 Å². The molecule has 1 aliphatic rings. The second kappa shape index (κ2) is 7.54. The Labute approximate surface area is 178 Å². The maximum Gasteiger partial charge on any atom is 0.157 e. The van der Waals surface area contributed by atoms with Crippen LogP contribution in [0.4, 0.5) is 0 Å². The van der Waals surface area contributed by atoms with Crippen molar-refractivity contribution >= 4 is 39.9 Å². The van der Waals surface area contributed by atoms with Crippen molar-refractivity contribution in [1.29, 1.82) is 0 Å². The molecule has 144 valence electrons. The number of hydrazone groups is 1. The second-order valence-corrected chi connectivity index (χ2v) is 7.94. The van der Waals surface area contributed by atoms with Crippen LogP contribution < -0.4 is 5.43 Å². The molecule has 1 atom stereocenters. The second-order valence-electron chi connectivity index (χ2n) is 7.10. The molecular formula is C23H18Cl2N4. The van der Waals surface area contributed by atoms with Crippen LogP contribution in [0.3, 0.4) is 0 Å². The highest BCUT2D eigenvalue weighted by molar-refractivity contribution is 6.35. The van der Waals surface area contributed by atoms with Gasteiger partial charge in [0.25, 0.3) is 0 Å². The molecule has 0 amide bonds. The van der Waals surface area contributed by atoms with E-state index in [2.05, 4.69) is 33.3 Å². The van der Waals surface area contributed by atoms with Gasteiger partial charge in [0.15, 0.2) is 5.82 Å². The van der Waals surface area contributed by atoms with Crippen LogP contribution >= 0.6 is 23.2 Å². The highest BCUT2D eigenvalue weighted by Crippen LogP contribution is 2.28. The van der Waals surface area contributed by atoms with E-state index in [0.717, 1.165) is 34.6 Å². The number of halogens is 2. The number of imidazole rings is 1. The van der Waals surface area contributed by atoms with Gasteiger partial charge in [-0.25, -0.2) is 4.98 Å². The third kappa shape index (κ3) is 3.50. The summed E-state index contributed by atoms with van der Waals surface area (Å²) in [6.45, 7) is 0.598. The molecule has 0 spiro atoms. The van der Waals surface area contributed by atoms with Crippen LogP contribution in [0.25, 0.3) is 11.0 Å². The number of nitrogens with zero attached hydrogens (tertiary/aromatic N) is 3. The van der Waals surface area contributed by atoms with Gasteiger partial charge in [0.05, 0.1) is 23.6 Å². The van der Waals surface area contributed by atoms with Gasteiger partial charge in [-0.2, -0.15) is 5.10 Å². The van der Waals surface area contributed by atoms with Crippen molar-refractivity contribution in [2.24, 2.45) is 5.10 Å². The van der Waals surface area contributed by atoms with E-state index in [9.17, 15) is 0 Å².